The average molecular weight is 157 g/mol. The molecule has 2 heteroatoms. The van der Waals surface area contributed by atoms with Gasteiger partial charge in [0.25, 0.3) is 0 Å². The summed E-state index contributed by atoms with van der Waals surface area (Å²) in [6, 6.07) is 0.579. The maximum Gasteiger partial charge on any atom is 0.119 e. The lowest BCUT2D eigenvalue weighted by Gasteiger charge is -2.26. The number of nitrogens with one attached hydrogen (secondary N) is 1. The Hall–Kier alpha value is -0.0800. The van der Waals surface area contributed by atoms with Crippen LogP contribution in [0.15, 0.2) is 0 Å². The van der Waals surface area contributed by atoms with Crippen LogP contribution in [0.25, 0.3) is 0 Å². The van der Waals surface area contributed by atoms with Gasteiger partial charge in [0.05, 0.1) is 6.61 Å². The molecular weight excluding hydrogens is 138 g/mol. The highest BCUT2D eigenvalue weighted by atomic mass is 16.5. The molecule has 66 valence electrons. The zero-order chi connectivity index (χ0) is 8.32. The minimum atomic E-state index is 0.000671. The lowest BCUT2D eigenvalue weighted by atomic mass is 10.1. The standard InChI is InChI=1S/C9H19NO/c1-4-8-7-11-9(5-2,6-3)10-8/h8,10H,4-7H2,1-3H3. The highest BCUT2D eigenvalue weighted by molar-refractivity contribution is 4.85. The van der Waals surface area contributed by atoms with Crippen molar-refractivity contribution in [1.29, 1.82) is 0 Å². The molecule has 1 atom stereocenters. The van der Waals surface area contributed by atoms with Crippen molar-refractivity contribution >= 4 is 0 Å². The third-order valence-corrected chi connectivity index (χ3v) is 2.66. The Labute approximate surface area is 69.3 Å². The summed E-state index contributed by atoms with van der Waals surface area (Å²) in [5.41, 5.74) is 0.000671. The zero-order valence-corrected chi connectivity index (χ0v) is 7.81. The molecule has 1 N–H and O–H groups in total. The maximum absolute atomic E-state index is 5.73. The second kappa shape index (κ2) is 3.55. The summed E-state index contributed by atoms with van der Waals surface area (Å²) < 4.78 is 5.73. The van der Waals surface area contributed by atoms with Gasteiger partial charge in [-0.15, -0.1) is 0 Å². The van der Waals surface area contributed by atoms with E-state index in [0.29, 0.717) is 6.04 Å². The van der Waals surface area contributed by atoms with Crippen LogP contribution in [0.2, 0.25) is 0 Å². The normalized spacial score (nSPS) is 29.2. The smallest absolute Gasteiger partial charge is 0.119 e. The lowest BCUT2D eigenvalue weighted by Crippen LogP contribution is -2.42. The summed E-state index contributed by atoms with van der Waals surface area (Å²) in [6.45, 7) is 7.43. The fourth-order valence-electron chi connectivity index (χ4n) is 1.59. The molecule has 1 rings (SSSR count). The monoisotopic (exact) mass is 157 g/mol. The number of hydrogen-bond acceptors (Lipinski definition) is 2. The van der Waals surface area contributed by atoms with Crippen molar-refractivity contribution in [3.8, 4) is 0 Å². The third kappa shape index (κ3) is 1.74. The van der Waals surface area contributed by atoms with Crippen LogP contribution in [0, 0.1) is 0 Å². The van der Waals surface area contributed by atoms with Gasteiger partial charge in [-0.2, -0.15) is 0 Å². The zero-order valence-electron chi connectivity index (χ0n) is 7.81. The van der Waals surface area contributed by atoms with Gasteiger partial charge in [0.15, 0.2) is 0 Å². The Morgan fingerprint density at radius 3 is 2.27 bits per heavy atom. The molecule has 1 aliphatic heterocycles. The molecule has 1 heterocycles. The highest BCUT2D eigenvalue weighted by Gasteiger charge is 2.35. The second-order valence-corrected chi connectivity index (χ2v) is 3.26. The van der Waals surface area contributed by atoms with Crippen molar-refractivity contribution in [2.45, 2.75) is 51.8 Å². The molecule has 0 spiro atoms. The van der Waals surface area contributed by atoms with E-state index in [4.69, 9.17) is 4.74 Å². The molecule has 0 aromatic heterocycles. The van der Waals surface area contributed by atoms with Crippen LogP contribution < -0.4 is 5.32 Å². The minimum Gasteiger partial charge on any atom is -0.359 e. The van der Waals surface area contributed by atoms with Crippen LogP contribution in [0.1, 0.15) is 40.0 Å². The van der Waals surface area contributed by atoms with E-state index in [1.165, 1.54) is 6.42 Å². The minimum absolute atomic E-state index is 0.000671. The Bertz CT molecular complexity index is 121. The van der Waals surface area contributed by atoms with E-state index >= 15 is 0 Å². The van der Waals surface area contributed by atoms with Crippen molar-refractivity contribution in [3.63, 3.8) is 0 Å². The van der Waals surface area contributed by atoms with Gasteiger partial charge in [-0.3, -0.25) is 5.32 Å². The van der Waals surface area contributed by atoms with E-state index in [1.54, 1.807) is 0 Å². The summed E-state index contributed by atoms with van der Waals surface area (Å²) in [6.07, 6.45) is 3.31. The first-order valence-electron chi connectivity index (χ1n) is 4.68. The van der Waals surface area contributed by atoms with E-state index in [9.17, 15) is 0 Å². The molecular formula is C9H19NO. The molecule has 0 radical (unpaired) electrons. The van der Waals surface area contributed by atoms with Crippen molar-refractivity contribution in [2.24, 2.45) is 0 Å². The van der Waals surface area contributed by atoms with E-state index in [2.05, 4.69) is 26.1 Å². The Morgan fingerprint density at radius 2 is 2.00 bits per heavy atom. The number of hydrogen-bond donors (Lipinski definition) is 1. The van der Waals surface area contributed by atoms with E-state index in [1.807, 2.05) is 0 Å². The Kier molecular flexibility index (Phi) is 2.90. The molecule has 0 bridgehead atoms. The lowest BCUT2D eigenvalue weighted by molar-refractivity contribution is -0.0161. The van der Waals surface area contributed by atoms with Gasteiger partial charge in [0, 0.05) is 6.04 Å². The Balaban J connectivity index is 2.48. The van der Waals surface area contributed by atoms with E-state index < -0.39 is 0 Å². The highest BCUT2D eigenvalue weighted by Crippen LogP contribution is 2.24. The Morgan fingerprint density at radius 1 is 1.36 bits per heavy atom. The molecule has 0 aliphatic carbocycles. The number of ether oxygens (including phenoxy) is 1. The van der Waals surface area contributed by atoms with Crippen LogP contribution >= 0.6 is 0 Å². The molecule has 1 aliphatic rings. The summed E-state index contributed by atoms with van der Waals surface area (Å²) in [5, 5.41) is 3.53. The number of rotatable bonds is 3. The van der Waals surface area contributed by atoms with Gasteiger partial charge >= 0.3 is 0 Å². The van der Waals surface area contributed by atoms with E-state index in [-0.39, 0.29) is 5.72 Å². The van der Waals surface area contributed by atoms with Crippen LogP contribution in [0.3, 0.4) is 0 Å². The first-order valence-corrected chi connectivity index (χ1v) is 4.68. The third-order valence-electron chi connectivity index (χ3n) is 2.66. The van der Waals surface area contributed by atoms with Gasteiger partial charge in [0.1, 0.15) is 5.72 Å². The molecule has 1 saturated heterocycles. The first kappa shape index (κ1) is 9.01. The van der Waals surface area contributed by atoms with E-state index in [0.717, 1.165) is 19.4 Å². The van der Waals surface area contributed by atoms with Gasteiger partial charge < -0.3 is 4.74 Å². The largest absolute Gasteiger partial charge is 0.359 e. The van der Waals surface area contributed by atoms with Gasteiger partial charge in [-0.25, -0.2) is 0 Å². The van der Waals surface area contributed by atoms with Crippen LogP contribution in [-0.2, 0) is 4.74 Å². The first-order chi connectivity index (χ1) is 5.26. The quantitative estimate of drug-likeness (QED) is 0.675. The molecule has 0 aromatic rings. The maximum atomic E-state index is 5.73. The SMILES string of the molecule is CCC1COC(CC)(CC)N1. The average Bonchev–Trinajstić information content (AvgIpc) is 2.49. The fourth-order valence-corrected chi connectivity index (χ4v) is 1.59. The molecule has 11 heavy (non-hydrogen) atoms. The van der Waals surface area contributed by atoms with Crippen molar-refractivity contribution < 1.29 is 4.74 Å². The predicted octanol–water partition coefficient (Wildman–Crippen LogP) is 1.90. The van der Waals surface area contributed by atoms with Crippen LogP contribution in [-0.4, -0.2) is 18.4 Å². The topological polar surface area (TPSA) is 21.3 Å². The fraction of sp³-hybridized carbons (Fsp3) is 1.00. The van der Waals surface area contributed by atoms with Gasteiger partial charge in [-0.1, -0.05) is 20.8 Å². The van der Waals surface area contributed by atoms with Crippen molar-refractivity contribution in [1.82, 2.24) is 5.32 Å². The van der Waals surface area contributed by atoms with Crippen molar-refractivity contribution in [2.75, 3.05) is 6.61 Å². The summed E-state index contributed by atoms with van der Waals surface area (Å²) in [5.74, 6) is 0. The van der Waals surface area contributed by atoms with Crippen LogP contribution in [0.5, 0.6) is 0 Å². The molecule has 0 saturated carbocycles. The molecule has 1 unspecified atom stereocenters. The predicted molar refractivity (Wildman–Crippen MR) is 46.5 cm³/mol. The molecule has 2 nitrogen and oxygen atoms in total. The van der Waals surface area contributed by atoms with Crippen molar-refractivity contribution in [3.05, 3.63) is 0 Å². The second-order valence-electron chi connectivity index (χ2n) is 3.26. The van der Waals surface area contributed by atoms with Gasteiger partial charge in [-0.05, 0) is 19.3 Å². The van der Waals surface area contributed by atoms with Crippen LogP contribution in [0.4, 0.5) is 0 Å². The van der Waals surface area contributed by atoms with Gasteiger partial charge in [0.2, 0.25) is 0 Å². The molecule has 0 amide bonds. The molecule has 1 fully saturated rings. The summed E-state index contributed by atoms with van der Waals surface area (Å²) in [4.78, 5) is 0. The summed E-state index contributed by atoms with van der Waals surface area (Å²) >= 11 is 0. The summed E-state index contributed by atoms with van der Waals surface area (Å²) in [7, 11) is 0. The molecule has 0 aromatic carbocycles.